The Morgan fingerprint density at radius 1 is 0.962 bits per heavy atom. The van der Waals surface area contributed by atoms with Crippen LogP contribution in [0.5, 0.6) is 0 Å². The number of carbonyl (C=O) groups is 3. The molecule has 0 aliphatic heterocycles. The number of hydrogen-bond acceptors (Lipinski definition) is 3. The zero-order valence-corrected chi connectivity index (χ0v) is 16.3. The van der Waals surface area contributed by atoms with Gasteiger partial charge >= 0.3 is 0 Å². The van der Waals surface area contributed by atoms with Gasteiger partial charge < -0.3 is 16.0 Å². The Morgan fingerprint density at radius 2 is 1.62 bits per heavy atom. The molecule has 0 saturated heterocycles. The molecule has 0 aliphatic rings. The van der Waals surface area contributed by atoms with E-state index in [1.165, 1.54) is 6.92 Å². The van der Waals surface area contributed by atoms with E-state index in [-0.39, 0.29) is 17.7 Å². The van der Waals surface area contributed by atoms with E-state index in [0.717, 1.165) is 4.47 Å². The van der Waals surface area contributed by atoms with E-state index in [9.17, 15) is 14.4 Å². The molecule has 0 radical (unpaired) electrons. The SMILES string of the molecule is CC(=O)NCCNC(=O)c1ccc(NC(=O)c2cc(Br)ccc2Cl)cc1. The monoisotopic (exact) mass is 437 g/mol. The van der Waals surface area contributed by atoms with Gasteiger partial charge in [0.05, 0.1) is 10.6 Å². The van der Waals surface area contributed by atoms with Crippen LogP contribution in [-0.2, 0) is 4.79 Å². The predicted molar refractivity (Wildman–Crippen MR) is 105 cm³/mol. The second-order valence-electron chi connectivity index (χ2n) is 5.39. The lowest BCUT2D eigenvalue weighted by Gasteiger charge is -2.09. The molecule has 2 rings (SSSR count). The molecular formula is C18H17BrClN3O3. The van der Waals surface area contributed by atoms with Gasteiger partial charge in [0.25, 0.3) is 11.8 Å². The van der Waals surface area contributed by atoms with Crippen molar-refractivity contribution in [3.8, 4) is 0 Å². The molecule has 0 spiro atoms. The Bertz CT molecular complexity index is 825. The molecule has 2 aromatic rings. The highest BCUT2D eigenvalue weighted by Crippen LogP contribution is 2.22. The first-order valence-electron chi connectivity index (χ1n) is 7.76. The summed E-state index contributed by atoms with van der Waals surface area (Å²) >= 11 is 9.35. The lowest BCUT2D eigenvalue weighted by molar-refractivity contribution is -0.118. The highest BCUT2D eigenvalue weighted by Gasteiger charge is 2.12. The quantitative estimate of drug-likeness (QED) is 0.605. The van der Waals surface area contributed by atoms with E-state index in [1.54, 1.807) is 42.5 Å². The van der Waals surface area contributed by atoms with Crippen molar-refractivity contribution >= 4 is 50.9 Å². The first kappa shape index (κ1) is 19.9. The molecule has 0 saturated carbocycles. The minimum atomic E-state index is -0.344. The number of carbonyl (C=O) groups excluding carboxylic acids is 3. The minimum Gasteiger partial charge on any atom is -0.355 e. The van der Waals surface area contributed by atoms with Gasteiger partial charge in [-0.3, -0.25) is 14.4 Å². The third-order valence-corrected chi connectivity index (χ3v) is 4.19. The van der Waals surface area contributed by atoms with E-state index >= 15 is 0 Å². The molecule has 8 heteroatoms. The first-order chi connectivity index (χ1) is 12.4. The summed E-state index contributed by atoms with van der Waals surface area (Å²) in [5.74, 6) is -0.753. The molecule has 0 fully saturated rings. The molecule has 0 atom stereocenters. The van der Waals surface area contributed by atoms with E-state index in [4.69, 9.17) is 11.6 Å². The van der Waals surface area contributed by atoms with Crippen LogP contribution >= 0.6 is 27.5 Å². The highest BCUT2D eigenvalue weighted by atomic mass is 79.9. The van der Waals surface area contributed by atoms with Crippen LogP contribution in [0.3, 0.4) is 0 Å². The van der Waals surface area contributed by atoms with E-state index in [0.29, 0.717) is 34.9 Å². The summed E-state index contributed by atoms with van der Waals surface area (Å²) in [5, 5.41) is 8.36. The van der Waals surface area contributed by atoms with Crippen LogP contribution in [0.1, 0.15) is 27.6 Å². The smallest absolute Gasteiger partial charge is 0.257 e. The van der Waals surface area contributed by atoms with Crippen LogP contribution in [0.4, 0.5) is 5.69 Å². The van der Waals surface area contributed by atoms with Crippen molar-refractivity contribution < 1.29 is 14.4 Å². The maximum atomic E-state index is 12.3. The number of rotatable bonds is 6. The van der Waals surface area contributed by atoms with E-state index in [2.05, 4.69) is 31.9 Å². The van der Waals surface area contributed by atoms with E-state index < -0.39 is 0 Å². The van der Waals surface area contributed by atoms with Crippen LogP contribution in [0.25, 0.3) is 0 Å². The van der Waals surface area contributed by atoms with Gasteiger partial charge in [-0.25, -0.2) is 0 Å². The van der Waals surface area contributed by atoms with Crippen molar-refractivity contribution in [1.82, 2.24) is 10.6 Å². The molecule has 0 aliphatic carbocycles. The maximum absolute atomic E-state index is 12.3. The van der Waals surface area contributed by atoms with Gasteiger partial charge in [0, 0.05) is 35.7 Å². The zero-order valence-electron chi connectivity index (χ0n) is 13.9. The summed E-state index contributed by atoms with van der Waals surface area (Å²) < 4.78 is 0.748. The number of halogens is 2. The zero-order chi connectivity index (χ0) is 19.1. The van der Waals surface area contributed by atoms with Crippen molar-refractivity contribution in [2.45, 2.75) is 6.92 Å². The number of anilines is 1. The molecule has 0 bridgehead atoms. The minimum absolute atomic E-state index is 0.148. The largest absolute Gasteiger partial charge is 0.355 e. The number of benzene rings is 2. The average molecular weight is 439 g/mol. The van der Waals surface area contributed by atoms with Crippen LogP contribution in [-0.4, -0.2) is 30.8 Å². The second-order valence-corrected chi connectivity index (χ2v) is 6.72. The van der Waals surface area contributed by atoms with Crippen LogP contribution < -0.4 is 16.0 Å². The number of hydrogen-bond donors (Lipinski definition) is 3. The first-order valence-corrected chi connectivity index (χ1v) is 8.93. The molecule has 6 nitrogen and oxygen atoms in total. The molecule has 3 amide bonds. The van der Waals surface area contributed by atoms with Gasteiger partial charge in [-0.15, -0.1) is 0 Å². The predicted octanol–water partition coefficient (Wildman–Crippen LogP) is 3.22. The summed E-state index contributed by atoms with van der Waals surface area (Å²) in [6.07, 6.45) is 0. The Kier molecular flexibility index (Phi) is 7.17. The highest BCUT2D eigenvalue weighted by molar-refractivity contribution is 9.10. The second kappa shape index (κ2) is 9.35. The van der Waals surface area contributed by atoms with Crippen molar-refractivity contribution in [2.24, 2.45) is 0 Å². The molecule has 2 aromatic carbocycles. The molecule has 0 heterocycles. The third-order valence-electron chi connectivity index (χ3n) is 3.36. The lowest BCUT2D eigenvalue weighted by Crippen LogP contribution is -2.33. The van der Waals surface area contributed by atoms with Crippen LogP contribution in [0.15, 0.2) is 46.9 Å². The molecular weight excluding hydrogens is 422 g/mol. The van der Waals surface area contributed by atoms with Crippen molar-refractivity contribution in [1.29, 1.82) is 0 Å². The Morgan fingerprint density at radius 3 is 2.27 bits per heavy atom. The summed E-state index contributed by atoms with van der Waals surface area (Å²) in [7, 11) is 0. The summed E-state index contributed by atoms with van der Waals surface area (Å²) in [5.41, 5.74) is 1.34. The van der Waals surface area contributed by atoms with E-state index in [1.807, 2.05) is 0 Å². The summed E-state index contributed by atoms with van der Waals surface area (Å²) in [4.78, 5) is 35.1. The Balaban J connectivity index is 1.94. The van der Waals surface area contributed by atoms with Crippen LogP contribution in [0.2, 0.25) is 5.02 Å². The molecule has 26 heavy (non-hydrogen) atoms. The van der Waals surface area contributed by atoms with Gasteiger partial charge in [0.1, 0.15) is 0 Å². The maximum Gasteiger partial charge on any atom is 0.257 e. The summed E-state index contributed by atoms with van der Waals surface area (Å²) in [6.45, 7) is 2.11. The normalized spacial score (nSPS) is 10.1. The van der Waals surface area contributed by atoms with Crippen molar-refractivity contribution in [2.75, 3.05) is 18.4 Å². The van der Waals surface area contributed by atoms with Gasteiger partial charge in [-0.1, -0.05) is 27.5 Å². The summed E-state index contributed by atoms with van der Waals surface area (Å²) in [6, 6.07) is 11.5. The van der Waals surface area contributed by atoms with Crippen molar-refractivity contribution in [3.05, 3.63) is 63.1 Å². The van der Waals surface area contributed by atoms with Crippen LogP contribution in [0, 0.1) is 0 Å². The Hall–Kier alpha value is -2.38. The third kappa shape index (κ3) is 5.86. The molecule has 0 aromatic heterocycles. The van der Waals surface area contributed by atoms with Gasteiger partial charge in [0.2, 0.25) is 5.91 Å². The number of nitrogens with one attached hydrogen (secondary N) is 3. The Labute approximate surface area is 164 Å². The molecule has 3 N–H and O–H groups in total. The fourth-order valence-corrected chi connectivity index (χ4v) is 2.66. The molecule has 136 valence electrons. The average Bonchev–Trinajstić information content (AvgIpc) is 2.61. The number of amides is 3. The fraction of sp³-hybridized carbons (Fsp3) is 0.167. The standard InChI is InChI=1S/C18H17BrClN3O3/c1-11(24)21-8-9-22-17(25)12-2-5-14(6-3-12)23-18(26)15-10-13(19)4-7-16(15)20/h2-7,10H,8-9H2,1H3,(H,21,24)(H,22,25)(H,23,26). The van der Waals surface area contributed by atoms with Gasteiger partial charge in [-0.05, 0) is 42.5 Å². The topological polar surface area (TPSA) is 87.3 Å². The van der Waals surface area contributed by atoms with Crippen molar-refractivity contribution in [3.63, 3.8) is 0 Å². The lowest BCUT2D eigenvalue weighted by atomic mass is 10.1. The van der Waals surface area contributed by atoms with Gasteiger partial charge in [-0.2, -0.15) is 0 Å². The van der Waals surface area contributed by atoms with Gasteiger partial charge in [0.15, 0.2) is 0 Å². The molecule has 0 unspecified atom stereocenters. The fourth-order valence-electron chi connectivity index (χ4n) is 2.09.